The van der Waals surface area contributed by atoms with Crippen molar-refractivity contribution in [3.63, 3.8) is 0 Å². The number of benzene rings is 1. The molecule has 60 valence electrons. The Labute approximate surface area is 75.2 Å². The van der Waals surface area contributed by atoms with E-state index in [4.69, 9.17) is 5.26 Å². The molecule has 0 aliphatic heterocycles. The molecule has 0 heterocycles. The van der Waals surface area contributed by atoms with Crippen LogP contribution in [-0.4, -0.2) is 12.0 Å². The van der Waals surface area contributed by atoms with Gasteiger partial charge in [0.15, 0.2) is 0 Å². The smallest absolute Gasteiger partial charge is 0.130 e. The van der Waals surface area contributed by atoms with E-state index in [2.05, 4.69) is 0 Å². The fourth-order valence-electron chi connectivity index (χ4n) is 0.786. The molecule has 0 fully saturated rings. The van der Waals surface area contributed by atoms with Gasteiger partial charge in [0, 0.05) is 4.90 Å². The number of nitrogens with zero attached hydrogens (tertiary/aromatic N) is 1. The topological polar surface area (TPSA) is 40.9 Å². The highest BCUT2D eigenvalue weighted by atomic mass is 32.2. The van der Waals surface area contributed by atoms with Gasteiger partial charge < -0.3 is 4.79 Å². The molecular formula is C9H7NOS. The van der Waals surface area contributed by atoms with E-state index >= 15 is 0 Å². The van der Waals surface area contributed by atoms with Gasteiger partial charge in [-0.1, -0.05) is 6.07 Å². The summed E-state index contributed by atoms with van der Waals surface area (Å²) in [6, 6.07) is 9.25. The van der Waals surface area contributed by atoms with E-state index in [-0.39, 0.29) is 0 Å². The maximum Gasteiger partial charge on any atom is 0.130 e. The van der Waals surface area contributed by atoms with Crippen LogP contribution in [0.1, 0.15) is 5.56 Å². The second-order valence-corrected chi connectivity index (χ2v) is 3.21. The van der Waals surface area contributed by atoms with Gasteiger partial charge in [0.05, 0.1) is 17.4 Å². The monoisotopic (exact) mass is 177 g/mol. The van der Waals surface area contributed by atoms with Gasteiger partial charge in [0.2, 0.25) is 0 Å². The summed E-state index contributed by atoms with van der Waals surface area (Å²) in [7, 11) is 0. The molecule has 0 bridgehead atoms. The Hall–Kier alpha value is -1.27. The van der Waals surface area contributed by atoms with Crippen molar-refractivity contribution in [2.24, 2.45) is 0 Å². The van der Waals surface area contributed by atoms with Crippen molar-refractivity contribution in [2.45, 2.75) is 4.90 Å². The number of thioether (sulfide) groups is 1. The number of aldehydes is 1. The van der Waals surface area contributed by atoms with Gasteiger partial charge in [0.25, 0.3) is 0 Å². The molecule has 0 aliphatic carbocycles. The van der Waals surface area contributed by atoms with Crippen molar-refractivity contribution >= 4 is 18.0 Å². The average Bonchev–Trinajstić information content (AvgIpc) is 2.15. The third kappa shape index (κ3) is 2.40. The van der Waals surface area contributed by atoms with Gasteiger partial charge in [-0.15, -0.1) is 11.8 Å². The lowest BCUT2D eigenvalue weighted by Gasteiger charge is -1.95. The third-order valence-electron chi connectivity index (χ3n) is 1.28. The highest BCUT2D eigenvalue weighted by Gasteiger charge is 1.94. The number of rotatable bonds is 3. The second kappa shape index (κ2) is 4.58. The molecule has 3 heteroatoms. The van der Waals surface area contributed by atoms with Crippen molar-refractivity contribution < 1.29 is 4.79 Å². The Bertz CT molecular complexity index is 317. The van der Waals surface area contributed by atoms with Crippen LogP contribution < -0.4 is 0 Å². The molecule has 1 aromatic rings. The molecule has 0 N–H and O–H groups in total. The van der Waals surface area contributed by atoms with Crippen LogP contribution in [0.15, 0.2) is 29.2 Å². The molecule has 0 aliphatic rings. The van der Waals surface area contributed by atoms with E-state index in [9.17, 15) is 4.79 Å². The number of hydrogen-bond donors (Lipinski definition) is 0. The quantitative estimate of drug-likeness (QED) is 0.522. The highest BCUT2D eigenvalue weighted by molar-refractivity contribution is 7.99. The summed E-state index contributed by atoms with van der Waals surface area (Å²) in [5, 5.41) is 8.56. The molecule has 1 aromatic carbocycles. The van der Waals surface area contributed by atoms with Crippen LogP contribution in [0, 0.1) is 11.3 Å². The Morgan fingerprint density at radius 2 is 2.42 bits per heavy atom. The maximum absolute atomic E-state index is 10.0. The summed E-state index contributed by atoms with van der Waals surface area (Å²) >= 11 is 1.43. The van der Waals surface area contributed by atoms with Crippen LogP contribution in [0.2, 0.25) is 0 Å². The van der Waals surface area contributed by atoms with Crippen LogP contribution >= 0.6 is 11.8 Å². The predicted molar refractivity (Wildman–Crippen MR) is 47.9 cm³/mol. The average molecular weight is 177 g/mol. The first kappa shape index (κ1) is 8.82. The van der Waals surface area contributed by atoms with E-state index in [1.807, 2.05) is 18.2 Å². The summed E-state index contributed by atoms with van der Waals surface area (Å²) in [5.41, 5.74) is 0.630. The van der Waals surface area contributed by atoms with Gasteiger partial charge >= 0.3 is 0 Å². The minimum atomic E-state index is 0.439. The number of nitriles is 1. The van der Waals surface area contributed by atoms with Crippen LogP contribution in [0.4, 0.5) is 0 Å². The normalized spacial score (nSPS) is 8.92. The van der Waals surface area contributed by atoms with E-state index in [0.717, 1.165) is 11.2 Å². The molecule has 0 radical (unpaired) electrons. The summed E-state index contributed by atoms with van der Waals surface area (Å²) < 4.78 is 0. The molecule has 0 amide bonds. The highest BCUT2D eigenvalue weighted by Crippen LogP contribution is 2.17. The Kier molecular flexibility index (Phi) is 3.36. The number of carbonyl (C=O) groups is 1. The Morgan fingerprint density at radius 1 is 1.58 bits per heavy atom. The molecular weight excluding hydrogens is 170 g/mol. The van der Waals surface area contributed by atoms with E-state index in [1.165, 1.54) is 11.8 Å². The van der Waals surface area contributed by atoms with Crippen molar-refractivity contribution in [1.82, 2.24) is 0 Å². The molecule has 2 nitrogen and oxygen atoms in total. The Balaban J connectivity index is 2.74. The minimum Gasteiger partial charge on any atom is -0.302 e. The summed E-state index contributed by atoms with van der Waals surface area (Å²) in [6.07, 6.45) is 0.851. The summed E-state index contributed by atoms with van der Waals surface area (Å²) in [5.74, 6) is 0.439. The molecule has 0 unspecified atom stereocenters. The number of hydrogen-bond acceptors (Lipinski definition) is 3. The van der Waals surface area contributed by atoms with Crippen molar-refractivity contribution in [1.29, 1.82) is 5.26 Å². The first-order valence-corrected chi connectivity index (χ1v) is 4.42. The lowest BCUT2D eigenvalue weighted by Crippen LogP contribution is -1.80. The molecule has 0 aromatic heterocycles. The fourth-order valence-corrected chi connectivity index (χ4v) is 1.43. The van der Waals surface area contributed by atoms with Crippen LogP contribution in [0.3, 0.4) is 0 Å². The van der Waals surface area contributed by atoms with Gasteiger partial charge in [-0.2, -0.15) is 5.26 Å². The third-order valence-corrected chi connectivity index (χ3v) is 2.17. The fraction of sp³-hybridized carbons (Fsp3) is 0.111. The zero-order valence-corrected chi connectivity index (χ0v) is 7.17. The number of carbonyl (C=O) groups excluding carboxylic acids is 1. The summed E-state index contributed by atoms with van der Waals surface area (Å²) in [4.78, 5) is 11.0. The van der Waals surface area contributed by atoms with Gasteiger partial charge in [-0.25, -0.2) is 0 Å². The SMILES string of the molecule is N#Cc1cccc(SCC=O)c1. The van der Waals surface area contributed by atoms with Gasteiger partial charge in [-0.05, 0) is 18.2 Å². The maximum atomic E-state index is 10.0. The first-order chi connectivity index (χ1) is 5.86. The summed E-state index contributed by atoms with van der Waals surface area (Å²) in [6.45, 7) is 0. The zero-order valence-electron chi connectivity index (χ0n) is 6.36. The molecule has 12 heavy (non-hydrogen) atoms. The van der Waals surface area contributed by atoms with E-state index in [0.29, 0.717) is 11.3 Å². The lowest BCUT2D eigenvalue weighted by molar-refractivity contribution is -0.105. The molecule has 0 saturated heterocycles. The predicted octanol–water partition coefficient (Wildman–Crippen LogP) is 1.85. The largest absolute Gasteiger partial charge is 0.302 e. The Morgan fingerprint density at radius 3 is 3.08 bits per heavy atom. The second-order valence-electron chi connectivity index (χ2n) is 2.12. The van der Waals surface area contributed by atoms with Crippen molar-refractivity contribution in [3.8, 4) is 6.07 Å². The molecule has 0 atom stereocenters. The van der Waals surface area contributed by atoms with Crippen molar-refractivity contribution in [2.75, 3.05) is 5.75 Å². The van der Waals surface area contributed by atoms with E-state index < -0.39 is 0 Å². The van der Waals surface area contributed by atoms with Crippen LogP contribution in [0.5, 0.6) is 0 Å². The molecule has 1 rings (SSSR count). The first-order valence-electron chi connectivity index (χ1n) is 3.43. The van der Waals surface area contributed by atoms with Gasteiger partial charge in [0.1, 0.15) is 6.29 Å². The minimum absolute atomic E-state index is 0.439. The molecule has 0 saturated carbocycles. The van der Waals surface area contributed by atoms with Gasteiger partial charge in [-0.3, -0.25) is 0 Å². The van der Waals surface area contributed by atoms with E-state index in [1.54, 1.807) is 12.1 Å². The molecule has 0 spiro atoms. The van der Waals surface area contributed by atoms with Crippen molar-refractivity contribution in [3.05, 3.63) is 29.8 Å². The van der Waals surface area contributed by atoms with Crippen LogP contribution in [0.25, 0.3) is 0 Å². The standard InChI is InChI=1S/C9H7NOS/c10-7-8-2-1-3-9(6-8)12-5-4-11/h1-4,6H,5H2. The lowest BCUT2D eigenvalue weighted by atomic mass is 10.2. The van der Waals surface area contributed by atoms with Crippen LogP contribution in [-0.2, 0) is 4.79 Å². The zero-order chi connectivity index (χ0) is 8.81.